The third kappa shape index (κ3) is 5.28. The summed E-state index contributed by atoms with van der Waals surface area (Å²) in [6, 6.07) is 19.1. The molecule has 9 nitrogen and oxygen atoms in total. The number of nitrogens with zero attached hydrogens (tertiary/aromatic N) is 2. The number of benzene rings is 2. The Balaban J connectivity index is 1.57. The molecule has 2 fully saturated rings. The summed E-state index contributed by atoms with van der Waals surface area (Å²) in [4.78, 5) is 18.7. The first kappa shape index (κ1) is 23.3. The van der Waals surface area contributed by atoms with Crippen LogP contribution in [0.2, 0.25) is 0 Å². The predicted molar refractivity (Wildman–Crippen MR) is 134 cm³/mol. The van der Waals surface area contributed by atoms with Crippen molar-refractivity contribution in [1.82, 2.24) is 10.3 Å². The molecule has 35 heavy (non-hydrogen) atoms. The number of anilines is 3. The number of carboxylic acids is 1. The minimum absolute atomic E-state index is 0.00901. The number of rotatable bonds is 8. The smallest absolute Gasteiger partial charge is 0.354 e. The van der Waals surface area contributed by atoms with Gasteiger partial charge in [0.15, 0.2) is 5.69 Å². The van der Waals surface area contributed by atoms with Crippen molar-refractivity contribution in [2.24, 2.45) is 5.73 Å². The highest BCUT2D eigenvalue weighted by Gasteiger charge is 2.27. The third-order valence-corrected chi connectivity index (χ3v) is 6.24. The Morgan fingerprint density at radius 1 is 1.14 bits per heavy atom. The summed E-state index contributed by atoms with van der Waals surface area (Å²) in [5.41, 5.74) is 10.5. The lowest BCUT2D eigenvalue weighted by Crippen LogP contribution is -2.49. The summed E-state index contributed by atoms with van der Waals surface area (Å²) in [5, 5.41) is 16.2. The number of aromatic carboxylic acids is 1. The van der Waals surface area contributed by atoms with Crippen LogP contribution in [0, 0.1) is 0 Å². The van der Waals surface area contributed by atoms with Gasteiger partial charge in [-0.1, -0.05) is 30.3 Å². The molecule has 0 saturated carbocycles. The van der Waals surface area contributed by atoms with E-state index in [4.69, 9.17) is 15.2 Å². The van der Waals surface area contributed by atoms with Crippen molar-refractivity contribution in [2.45, 2.75) is 12.3 Å². The first-order valence-corrected chi connectivity index (χ1v) is 11.7. The van der Waals surface area contributed by atoms with E-state index in [0.29, 0.717) is 30.2 Å². The molecule has 9 heteroatoms. The average molecular weight is 476 g/mol. The lowest BCUT2D eigenvalue weighted by Gasteiger charge is -2.31. The number of hydrogen-bond donors (Lipinski definition) is 4. The molecule has 182 valence electrons. The highest BCUT2D eigenvalue weighted by Crippen LogP contribution is 2.36. The average Bonchev–Trinajstić information content (AvgIpc) is 2.87. The molecule has 0 bridgehead atoms. The van der Waals surface area contributed by atoms with Gasteiger partial charge in [-0.3, -0.25) is 0 Å². The minimum atomic E-state index is -1.11. The van der Waals surface area contributed by atoms with Gasteiger partial charge in [-0.2, -0.15) is 0 Å². The Hall–Kier alpha value is -3.50. The Morgan fingerprint density at radius 2 is 1.86 bits per heavy atom. The van der Waals surface area contributed by atoms with Crippen LogP contribution < -0.4 is 21.3 Å². The van der Waals surface area contributed by atoms with Gasteiger partial charge in [-0.25, -0.2) is 9.78 Å². The van der Waals surface area contributed by atoms with Gasteiger partial charge in [0.25, 0.3) is 0 Å². The fraction of sp³-hybridized carbons (Fsp3) is 0.308. The molecule has 5 rings (SSSR count). The topological polar surface area (TPSA) is 122 Å². The number of nitrogens with two attached hydrogens (primary N) is 1. The van der Waals surface area contributed by atoms with Gasteiger partial charge in [0, 0.05) is 43.1 Å². The molecule has 2 aliphatic rings. The number of morpholine rings is 1. The van der Waals surface area contributed by atoms with Gasteiger partial charge < -0.3 is 35.8 Å². The van der Waals surface area contributed by atoms with Crippen molar-refractivity contribution in [2.75, 3.05) is 49.6 Å². The molecular weight excluding hydrogens is 446 g/mol. The Kier molecular flexibility index (Phi) is 6.91. The van der Waals surface area contributed by atoms with Gasteiger partial charge in [0.2, 0.25) is 0 Å². The zero-order valence-corrected chi connectivity index (χ0v) is 19.3. The SMILES string of the molecule is NC(OC1CNC1)c1c(-c2ccc(N3CCOCC3)cc2)cc(C(=O)O)nc1Nc1ccccc1. The number of aromatic nitrogens is 1. The van der Waals surface area contributed by atoms with E-state index in [9.17, 15) is 9.90 Å². The Labute approximate surface area is 203 Å². The summed E-state index contributed by atoms with van der Waals surface area (Å²) in [7, 11) is 0. The first-order chi connectivity index (χ1) is 17.1. The predicted octanol–water partition coefficient (Wildman–Crippen LogP) is 2.97. The maximum atomic E-state index is 12.0. The molecular formula is C26H29N5O4. The lowest BCUT2D eigenvalue weighted by atomic mass is 9.97. The number of carbonyl (C=O) groups is 1. The van der Waals surface area contributed by atoms with E-state index in [-0.39, 0.29) is 11.8 Å². The largest absolute Gasteiger partial charge is 0.477 e. The van der Waals surface area contributed by atoms with E-state index in [2.05, 4.69) is 20.5 Å². The summed E-state index contributed by atoms with van der Waals surface area (Å²) in [6.45, 7) is 4.52. The Bertz CT molecular complexity index is 1160. The molecule has 0 amide bonds. The standard InChI is InChI=1S/C26H29N5O4/c27-24(35-20-15-28-16-20)23-21(17-6-8-19(9-7-17)31-10-12-34-13-11-31)14-22(26(32)33)30-25(23)29-18-4-2-1-3-5-18/h1-9,14,20,24,28H,10-13,15-16,27H2,(H,29,30)(H,32,33). The van der Waals surface area contributed by atoms with Gasteiger partial charge in [0.1, 0.15) is 12.0 Å². The third-order valence-electron chi connectivity index (χ3n) is 6.24. The molecule has 1 aromatic heterocycles. The molecule has 0 aliphatic carbocycles. The van der Waals surface area contributed by atoms with Gasteiger partial charge >= 0.3 is 5.97 Å². The van der Waals surface area contributed by atoms with Crippen LogP contribution in [0.15, 0.2) is 60.7 Å². The van der Waals surface area contributed by atoms with Crippen LogP contribution in [0.5, 0.6) is 0 Å². The second-order valence-corrected chi connectivity index (χ2v) is 8.60. The number of para-hydroxylation sites is 1. The van der Waals surface area contributed by atoms with E-state index in [1.807, 2.05) is 54.6 Å². The minimum Gasteiger partial charge on any atom is -0.477 e. The molecule has 1 atom stereocenters. The van der Waals surface area contributed by atoms with Gasteiger partial charge in [0.05, 0.1) is 19.3 Å². The summed E-state index contributed by atoms with van der Waals surface area (Å²) in [6.07, 6.45) is -0.803. The van der Waals surface area contributed by atoms with E-state index >= 15 is 0 Å². The number of hydrogen-bond acceptors (Lipinski definition) is 8. The highest BCUT2D eigenvalue weighted by atomic mass is 16.5. The van der Waals surface area contributed by atoms with Crippen LogP contribution in [0.25, 0.3) is 11.1 Å². The van der Waals surface area contributed by atoms with Crippen molar-refractivity contribution in [3.05, 3.63) is 71.9 Å². The number of pyridine rings is 1. The Morgan fingerprint density at radius 3 is 2.49 bits per heavy atom. The molecule has 2 aromatic carbocycles. The van der Waals surface area contributed by atoms with Crippen molar-refractivity contribution < 1.29 is 19.4 Å². The normalized spacial score (nSPS) is 17.0. The molecule has 0 radical (unpaired) electrons. The van der Waals surface area contributed by atoms with E-state index < -0.39 is 12.2 Å². The molecule has 3 heterocycles. The summed E-state index contributed by atoms with van der Waals surface area (Å²) >= 11 is 0. The quantitative estimate of drug-likeness (QED) is 0.364. The summed E-state index contributed by atoms with van der Waals surface area (Å²) < 4.78 is 11.6. The fourth-order valence-corrected chi connectivity index (χ4v) is 4.25. The van der Waals surface area contributed by atoms with Crippen molar-refractivity contribution in [3.63, 3.8) is 0 Å². The molecule has 5 N–H and O–H groups in total. The fourth-order valence-electron chi connectivity index (χ4n) is 4.25. The van der Waals surface area contributed by atoms with Gasteiger partial charge in [-0.15, -0.1) is 0 Å². The lowest BCUT2D eigenvalue weighted by molar-refractivity contribution is -0.0357. The first-order valence-electron chi connectivity index (χ1n) is 11.7. The number of nitrogens with one attached hydrogen (secondary N) is 2. The van der Waals surface area contributed by atoms with E-state index in [1.54, 1.807) is 6.07 Å². The van der Waals surface area contributed by atoms with Crippen molar-refractivity contribution >= 4 is 23.2 Å². The molecule has 2 saturated heterocycles. The highest BCUT2D eigenvalue weighted by molar-refractivity contribution is 5.90. The van der Waals surface area contributed by atoms with Gasteiger partial charge in [-0.05, 0) is 41.5 Å². The van der Waals surface area contributed by atoms with Crippen LogP contribution >= 0.6 is 0 Å². The van der Waals surface area contributed by atoms with E-state index in [1.165, 1.54) is 0 Å². The molecule has 2 aliphatic heterocycles. The van der Waals surface area contributed by atoms with E-state index in [0.717, 1.165) is 43.1 Å². The maximum Gasteiger partial charge on any atom is 0.354 e. The van der Waals surface area contributed by atoms with Crippen molar-refractivity contribution in [3.8, 4) is 11.1 Å². The van der Waals surface area contributed by atoms with Crippen LogP contribution in [0.3, 0.4) is 0 Å². The number of ether oxygens (including phenoxy) is 2. The van der Waals surface area contributed by atoms with Crippen molar-refractivity contribution in [1.29, 1.82) is 0 Å². The van der Waals surface area contributed by atoms with Crippen LogP contribution in [0.1, 0.15) is 22.3 Å². The van der Waals surface area contributed by atoms with Crippen LogP contribution in [-0.2, 0) is 9.47 Å². The molecule has 3 aromatic rings. The molecule has 0 spiro atoms. The second-order valence-electron chi connectivity index (χ2n) is 8.60. The van der Waals surface area contributed by atoms with Crippen LogP contribution in [-0.4, -0.2) is 61.6 Å². The second kappa shape index (κ2) is 10.4. The maximum absolute atomic E-state index is 12.0. The zero-order chi connectivity index (χ0) is 24.2. The monoisotopic (exact) mass is 475 g/mol. The number of carboxylic acid groups (broad SMARTS) is 1. The van der Waals surface area contributed by atoms with Crippen LogP contribution in [0.4, 0.5) is 17.2 Å². The molecule has 1 unspecified atom stereocenters. The zero-order valence-electron chi connectivity index (χ0n) is 19.3. The summed E-state index contributed by atoms with van der Waals surface area (Å²) in [5.74, 6) is -0.750.